The molecule has 1 saturated heterocycles. The van der Waals surface area contributed by atoms with Crippen molar-refractivity contribution < 1.29 is 24.2 Å². The van der Waals surface area contributed by atoms with Crippen LogP contribution in [0, 0.1) is 0 Å². The summed E-state index contributed by atoms with van der Waals surface area (Å²) < 4.78 is 11.0. The highest BCUT2D eigenvalue weighted by Crippen LogP contribution is 2.35. The predicted molar refractivity (Wildman–Crippen MR) is 70.8 cm³/mol. The first-order chi connectivity index (χ1) is 9.30. The van der Waals surface area contributed by atoms with Crippen LogP contribution >= 0.6 is 0 Å². The number of likely N-dealkylation sites (N-methyl/N-ethyl adjacent to an activating group) is 1. The third-order valence-corrected chi connectivity index (χ3v) is 3.61. The highest BCUT2D eigenvalue weighted by Gasteiger charge is 2.52. The number of ether oxygens (including phenoxy) is 2. The van der Waals surface area contributed by atoms with Gasteiger partial charge in [0, 0.05) is 13.1 Å². The second-order valence-electron chi connectivity index (χ2n) is 5.43. The average molecular weight is 283 g/mol. The summed E-state index contributed by atoms with van der Waals surface area (Å²) in [6.45, 7) is 8.05. The van der Waals surface area contributed by atoms with Gasteiger partial charge in [0.25, 0.3) is 5.91 Å². The molecule has 1 heterocycles. The third kappa shape index (κ3) is 2.51. The standard InChI is InChI=1S/C14H21NO5/c1-5-15(6-2)13(18)8-7-9(16)11-12(10(8)17)20-14(3,4)19-11/h7,9,11-12,16H,5-6H2,1-4H3/t9-,11+,12-/m0/s1. The van der Waals surface area contributed by atoms with Crippen molar-refractivity contribution in [1.82, 2.24) is 4.90 Å². The molecule has 0 saturated carbocycles. The Bertz CT molecular complexity index is 452. The molecule has 0 bridgehead atoms. The smallest absolute Gasteiger partial charge is 0.257 e. The Morgan fingerprint density at radius 3 is 2.50 bits per heavy atom. The number of hydrogen-bond donors (Lipinski definition) is 1. The highest BCUT2D eigenvalue weighted by molar-refractivity contribution is 6.21. The van der Waals surface area contributed by atoms with Gasteiger partial charge >= 0.3 is 0 Å². The summed E-state index contributed by atoms with van der Waals surface area (Å²) in [5.74, 6) is -1.72. The zero-order valence-corrected chi connectivity index (χ0v) is 12.3. The average Bonchev–Trinajstić information content (AvgIpc) is 2.71. The van der Waals surface area contributed by atoms with Crippen molar-refractivity contribution in [3.8, 4) is 0 Å². The van der Waals surface area contributed by atoms with E-state index in [1.807, 2.05) is 13.8 Å². The monoisotopic (exact) mass is 283 g/mol. The molecule has 2 aliphatic rings. The number of hydrogen-bond acceptors (Lipinski definition) is 5. The van der Waals surface area contributed by atoms with Crippen LogP contribution in [0.5, 0.6) is 0 Å². The Kier molecular flexibility index (Phi) is 4.00. The van der Waals surface area contributed by atoms with E-state index in [9.17, 15) is 14.7 Å². The van der Waals surface area contributed by atoms with Crippen LogP contribution in [0.15, 0.2) is 11.6 Å². The van der Waals surface area contributed by atoms with Crippen LogP contribution in [0.4, 0.5) is 0 Å². The second kappa shape index (κ2) is 5.27. The molecular weight excluding hydrogens is 262 g/mol. The van der Waals surface area contributed by atoms with E-state index in [-0.39, 0.29) is 11.5 Å². The number of rotatable bonds is 3. The molecule has 1 aliphatic carbocycles. The second-order valence-corrected chi connectivity index (χ2v) is 5.43. The fourth-order valence-corrected chi connectivity index (χ4v) is 2.60. The first-order valence-corrected chi connectivity index (χ1v) is 6.89. The molecule has 0 aromatic carbocycles. The van der Waals surface area contributed by atoms with Gasteiger partial charge in [0.05, 0.1) is 5.57 Å². The van der Waals surface area contributed by atoms with Crippen molar-refractivity contribution in [2.24, 2.45) is 0 Å². The lowest BCUT2D eigenvalue weighted by Crippen LogP contribution is -2.47. The molecule has 1 N–H and O–H groups in total. The number of ketones is 1. The Labute approximate surface area is 118 Å². The van der Waals surface area contributed by atoms with Crippen LogP contribution in [0.25, 0.3) is 0 Å². The number of Topliss-reactive ketones (excluding diaryl/α,β-unsaturated/α-hetero) is 1. The van der Waals surface area contributed by atoms with Gasteiger partial charge in [0.1, 0.15) is 12.2 Å². The van der Waals surface area contributed by atoms with Crippen molar-refractivity contribution in [1.29, 1.82) is 0 Å². The molecule has 0 spiro atoms. The number of fused-ring (bicyclic) bond motifs is 1. The van der Waals surface area contributed by atoms with Crippen LogP contribution < -0.4 is 0 Å². The molecule has 3 atom stereocenters. The Hall–Kier alpha value is -1.24. The fourth-order valence-electron chi connectivity index (χ4n) is 2.60. The predicted octanol–water partition coefficient (Wildman–Crippen LogP) is 0.245. The van der Waals surface area contributed by atoms with Crippen molar-refractivity contribution in [2.75, 3.05) is 13.1 Å². The molecule has 0 radical (unpaired) electrons. The molecule has 1 aliphatic heterocycles. The molecule has 20 heavy (non-hydrogen) atoms. The van der Waals surface area contributed by atoms with Gasteiger partial charge in [-0.2, -0.15) is 0 Å². The quantitative estimate of drug-likeness (QED) is 0.751. The lowest BCUT2D eigenvalue weighted by Gasteiger charge is -2.28. The first-order valence-electron chi connectivity index (χ1n) is 6.89. The lowest BCUT2D eigenvalue weighted by atomic mass is 9.90. The summed E-state index contributed by atoms with van der Waals surface area (Å²) in [4.78, 5) is 26.2. The molecule has 0 unspecified atom stereocenters. The van der Waals surface area contributed by atoms with Crippen molar-refractivity contribution in [3.05, 3.63) is 11.6 Å². The molecule has 2 rings (SSSR count). The van der Waals surface area contributed by atoms with Gasteiger partial charge in [0.2, 0.25) is 0 Å². The minimum atomic E-state index is -1.02. The molecule has 6 nitrogen and oxygen atoms in total. The number of carbonyl (C=O) groups excluding carboxylic acids is 2. The van der Waals surface area contributed by atoms with Crippen LogP contribution in [0.2, 0.25) is 0 Å². The van der Waals surface area contributed by atoms with Crippen molar-refractivity contribution >= 4 is 11.7 Å². The Morgan fingerprint density at radius 2 is 1.95 bits per heavy atom. The van der Waals surface area contributed by atoms with E-state index < -0.39 is 29.9 Å². The summed E-state index contributed by atoms with van der Waals surface area (Å²) in [6.07, 6.45) is -1.39. The fraction of sp³-hybridized carbons (Fsp3) is 0.714. The number of carbonyl (C=O) groups is 2. The minimum absolute atomic E-state index is 0.0104. The molecule has 6 heteroatoms. The van der Waals surface area contributed by atoms with Gasteiger partial charge in [-0.25, -0.2) is 0 Å². The van der Waals surface area contributed by atoms with Crippen LogP contribution in [0.3, 0.4) is 0 Å². The van der Waals surface area contributed by atoms with E-state index in [4.69, 9.17) is 9.47 Å². The zero-order valence-electron chi connectivity index (χ0n) is 12.3. The largest absolute Gasteiger partial charge is 0.386 e. The summed E-state index contributed by atoms with van der Waals surface area (Å²) in [7, 11) is 0. The topological polar surface area (TPSA) is 76.1 Å². The molecule has 1 amide bonds. The Balaban J connectivity index is 2.27. The molecule has 1 fully saturated rings. The van der Waals surface area contributed by atoms with E-state index in [1.54, 1.807) is 13.8 Å². The summed E-state index contributed by atoms with van der Waals surface area (Å²) >= 11 is 0. The maximum absolute atomic E-state index is 12.4. The van der Waals surface area contributed by atoms with Gasteiger partial charge < -0.3 is 19.5 Å². The van der Waals surface area contributed by atoms with Gasteiger partial charge in [-0.05, 0) is 33.8 Å². The van der Waals surface area contributed by atoms with Crippen molar-refractivity contribution in [2.45, 2.75) is 51.8 Å². The maximum Gasteiger partial charge on any atom is 0.257 e. The van der Waals surface area contributed by atoms with Crippen molar-refractivity contribution in [3.63, 3.8) is 0 Å². The maximum atomic E-state index is 12.4. The SMILES string of the molecule is CCN(CC)C(=O)C1=C[C@H](O)[C@H]2OC(C)(C)O[C@H]2C1=O. The number of amides is 1. The van der Waals surface area contributed by atoms with E-state index in [2.05, 4.69) is 0 Å². The highest BCUT2D eigenvalue weighted by atomic mass is 16.8. The zero-order chi connectivity index (χ0) is 15.1. The van der Waals surface area contributed by atoms with E-state index in [0.717, 1.165) is 0 Å². The van der Waals surface area contributed by atoms with Crippen LogP contribution in [-0.2, 0) is 19.1 Å². The molecule has 0 aromatic heterocycles. The lowest BCUT2D eigenvalue weighted by molar-refractivity contribution is -0.156. The molecule has 112 valence electrons. The Morgan fingerprint density at radius 1 is 1.35 bits per heavy atom. The molecule has 0 aromatic rings. The third-order valence-electron chi connectivity index (χ3n) is 3.61. The molecular formula is C14H21NO5. The van der Waals surface area contributed by atoms with Crippen LogP contribution in [0.1, 0.15) is 27.7 Å². The minimum Gasteiger partial charge on any atom is -0.386 e. The normalized spacial score (nSPS) is 31.8. The van der Waals surface area contributed by atoms with Gasteiger partial charge in [0.15, 0.2) is 17.7 Å². The number of aliphatic hydroxyl groups excluding tert-OH is 1. The van der Waals surface area contributed by atoms with Gasteiger partial charge in [-0.1, -0.05) is 0 Å². The van der Waals surface area contributed by atoms with Gasteiger partial charge in [-0.3, -0.25) is 9.59 Å². The number of aliphatic hydroxyl groups is 1. The number of nitrogens with zero attached hydrogens (tertiary/aromatic N) is 1. The van der Waals surface area contributed by atoms with Gasteiger partial charge in [-0.15, -0.1) is 0 Å². The van der Waals surface area contributed by atoms with E-state index in [0.29, 0.717) is 13.1 Å². The summed E-state index contributed by atoms with van der Waals surface area (Å²) in [5.41, 5.74) is -0.0104. The van der Waals surface area contributed by atoms with E-state index >= 15 is 0 Å². The summed E-state index contributed by atoms with van der Waals surface area (Å²) in [6, 6.07) is 0. The van der Waals surface area contributed by atoms with E-state index in [1.165, 1.54) is 11.0 Å². The first kappa shape index (κ1) is 15.2. The van der Waals surface area contributed by atoms with Crippen LogP contribution in [-0.4, -0.2) is 58.9 Å². The summed E-state index contributed by atoms with van der Waals surface area (Å²) in [5, 5.41) is 10.1.